The Kier molecular flexibility index (Phi) is 18.6. The van der Waals surface area contributed by atoms with Gasteiger partial charge in [-0.2, -0.15) is 4.98 Å². The number of carbonyl (C=O) groups excluding carboxylic acids is 2. The Labute approximate surface area is 433 Å². The molecule has 414 valence electrons. The van der Waals surface area contributed by atoms with Gasteiger partial charge in [-0.1, -0.05) is 38.1 Å². The molecular weight excluding hydrogens is 964 g/mol. The zero-order valence-electron chi connectivity index (χ0n) is 45.1. The summed E-state index contributed by atoms with van der Waals surface area (Å²) >= 11 is 0. The third-order valence-electron chi connectivity index (χ3n) is 16.0. The van der Waals surface area contributed by atoms with Gasteiger partial charge in [-0.05, 0) is 105 Å². The topological polar surface area (TPSA) is 250 Å². The van der Waals surface area contributed by atoms with Crippen molar-refractivity contribution in [3.63, 3.8) is 0 Å². The highest BCUT2D eigenvalue weighted by Gasteiger charge is 2.50. The van der Waals surface area contributed by atoms with Gasteiger partial charge >= 0.3 is 12.1 Å². The van der Waals surface area contributed by atoms with E-state index >= 15 is 0 Å². The summed E-state index contributed by atoms with van der Waals surface area (Å²) < 4.78 is 59.7. The minimum atomic E-state index is -1.81. The number of aliphatic hydroxyl groups is 4. The number of hydrogen-bond donors (Lipinski definition) is 4. The van der Waals surface area contributed by atoms with E-state index in [2.05, 4.69) is 25.4 Å². The second-order valence-corrected chi connectivity index (χ2v) is 22.3. The fourth-order valence-electron chi connectivity index (χ4n) is 11.6. The summed E-state index contributed by atoms with van der Waals surface area (Å²) in [4.78, 5) is 36.7. The average Bonchev–Trinajstić information content (AvgIpc) is 4.13. The molecule has 21 nitrogen and oxygen atoms in total. The van der Waals surface area contributed by atoms with E-state index in [9.17, 15) is 34.4 Å². The van der Waals surface area contributed by atoms with Crippen LogP contribution in [0.3, 0.4) is 0 Å². The summed E-state index contributed by atoms with van der Waals surface area (Å²) in [6, 6.07) is 3.77. The Morgan fingerprint density at radius 1 is 0.959 bits per heavy atom. The molecule has 0 radical (unpaired) electrons. The first kappa shape index (κ1) is 57.5. The number of aliphatic hydroxyl groups excluding tert-OH is 2. The van der Waals surface area contributed by atoms with Crippen molar-refractivity contribution in [1.29, 1.82) is 0 Å². The van der Waals surface area contributed by atoms with Crippen molar-refractivity contribution in [2.24, 2.45) is 23.7 Å². The molecule has 6 heterocycles. The van der Waals surface area contributed by atoms with Crippen LogP contribution >= 0.6 is 0 Å². The number of halogens is 1. The lowest BCUT2D eigenvalue weighted by Crippen LogP contribution is -2.59. The first-order valence-corrected chi connectivity index (χ1v) is 26.3. The van der Waals surface area contributed by atoms with E-state index in [-0.39, 0.29) is 61.3 Å². The van der Waals surface area contributed by atoms with Gasteiger partial charge in [-0.15, -0.1) is 5.10 Å². The van der Waals surface area contributed by atoms with E-state index in [4.69, 9.17) is 32.9 Å². The molecule has 0 spiro atoms. The number of aromatic nitrogens is 5. The molecule has 1 aromatic carbocycles. The SMILES string of the molecule is CC[C@H]1OC(=O)C(C)[C@@H](OC2C[C@H](C)[C@@H](O)C(C)O2)[C@H](C)[C@@H](O[C@H]2C[C@@H](N(C)CCc3cn(C[C@H]4CN(c5ccc(-c6ncon6)c(F)c5)C(=O)O4)nn3)C[C@@H](C)O2)[C@](C)(O)C[C@@H](C)CN(C)[C@H](C)[C@@H](O)[C@]1(C)O. The second kappa shape index (κ2) is 24.0. The highest BCUT2D eigenvalue weighted by Crippen LogP contribution is 2.39. The molecule has 4 saturated heterocycles. The first-order valence-electron chi connectivity index (χ1n) is 26.3. The molecular formula is C52H81FN8O13. The largest absolute Gasteiger partial charge is 0.459 e. The highest BCUT2D eigenvalue weighted by molar-refractivity contribution is 5.90. The van der Waals surface area contributed by atoms with E-state index in [0.717, 1.165) is 12.1 Å². The number of cyclic esters (lactones) is 2. The molecule has 1 amide bonds. The molecule has 22 heteroatoms. The number of rotatable bonds is 13. The number of esters is 1. The van der Waals surface area contributed by atoms with Gasteiger partial charge < -0.3 is 63.2 Å². The van der Waals surface area contributed by atoms with E-state index in [1.54, 1.807) is 38.4 Å². The minimum Gasteiger partial charge on any atom is -0.459 e. The van der Waals surface area contributed by atoms with Crippen LogP contribution in [0.15, 0.2) is 35.3 Å². The average molecular weight is 1050 g/mol. The lowest BCUT2D eigenvalue weighted by atomic mass is 9.77. The van der Waals surface area contributed by atoms with Gasteiger partial charge in [0, 0.05) is 56.6 Å². The molecule has 2 aromatic heterocycles. The van der Waals surface area contributed by atoms with Crippen molar-refractivity contribution in [2.45, 2.75) is 199 Å². The number of amides is 1. The van der Waals surface area contributed by atoms with Gasteiger partial charge in [0.05, 0.1) is 72.1 Å². The van der Waals surface area contributed by atoms with E-state index in [0.29, 0.717) is 44.5 Å². The molecule has 0 bridgehead atoms. The number of anilines is 1. The second-order valence-electron chi connectivity index (χ2n) is 22.3. The predicted octanol–water partition coefficient (Wildman–Crippen LogP) is 4.58. The Balaban J connectivity index is 1.05. The Morgan fingerprint density at radius 2 is 1.69 bits per heavy atom. The Hall–Kier alpha value is -4.23. The van der Waals surface area contributed by atoms with Gasteiger partial charge in [0.25, 0.3) is 0 Å². The van der Waals surface area contributed by atoms with Crippen LogP contribution in [-0.4, -0.2) is 186 Å². The van der Waals surface area contributed by atoms with E-state index < -0.39 is 102 Å². The fourth-order valence-corrected chi connectivity index (χ4v) is 11.6. The van der Waals surface area contributed by atoms with Crippen molar-refractivity contribution in [3.8, 4) is 11.4 Å². The van der Waals surface area contributed by atoms with E-state index in [1.165, 1.54) is 24.0 Å². The molecule has 74 heavy (non-hydrogen) atoms. The maximum Gasteiger partial charge on any atom is 0.414 e. The van der Waals surface area contributed by atoms with Gasteiger partial charge in [0.1, 0.15) is 29.7 Å². The zero-order chi connectivity index (χ0) is 54.0. The van der Waals surface area contributed by atoms with Gasteiger partial charge in [-0.25, -0.2) is 13.9 Å². The summed E-state index contributed by atoms with van der Waals surface area (Å²) in [5.74, 6) is -3.11. The van der Waals surface area contributed by atoms with Crippen LogP contribution in [0.1, 0.15) is 107 Å². The lowest BCUT2D eigenvalue weighted by molar-refractivity contribution is -0.290. The monoisotopic (exact) mass is 1040 g/mol. The first-order chi connectivity index (χ1) is 34.9. The maximum atomic E-state index is 15.0. The number of ether oxygens (including phenoxy) is 6. The molecule has 7 rings (SSSR count). The van der Waals surface area contributed by atoms with Crippen LogP contribution in [0, 0.1) is 29.5 Å². The standard InChI is InChI=1S/C52H81FN8O13/c1-13-41-52(10,67)46(63)33(7)59(12)23-28(2)22-51(9,66)47(31(5)45(32(6)49(64)72-41)73-42-18-29(3)44(62)34(8)70-42)74-43-21-37(19-30(4)69-43)58(11)17-16-35-24-60(57-55-35)25-38-26-61(50(65)71-38)36-14-15-39(40(53)20-36)48-54-27-68-56-48/h14-15,20,24,27-34,37-38,41-47,62-63,66-67H,13,16-19,21-23,25-26H2,1-12H3/t28-,29+,30-,31+,32?,33-,34?,37+,38+,41-,42?,43+,44-,45+,46-,47-,51-,52-/m1/s1. The van der Waals surface area contributed by atoms with Crippen molar-refractivity contribution in [1.82, 2.24) is 34.9 Å². The van der Waals surface area contributed by atoms with Crippen molar-refractivity contribution >= 4 is 17.7 Å². The number of benzene rings is 1. The normalized spacial score (nSPS) is 38.4. The van der Waals surface area contributed by atoms with Crippen molar-refractivity contribution < 1.29 is 67.3 Å². The smallest absolute Gasteiger partial charge is 0.414 e. The van der Waals surface area contributed by atoms with Gasteiger partial charge in [0.15, 0.2) is 12.6 Å². The van der Waals surface area contributed by atoms with Crippen LogP contribution < -0.4 is 4.90 Å². The number of hydrogen-bond acceptors (Lipinski definition) is 19. The zero-order valence-corrected chi connectivity index (χ0v) is 45.1. The predicted molar refractivity (Wildman–Crippen MR) is 267 cm³/mol. The molecule has 18 atom stereocenters. The van der Waals surface area contributed by atoms with Gasteiger partial charge in [-0.3, -0.25) is 9.69 Å². The Bertz CT molecular complexity index is 2300. The third kappa shape index (κ3) is 13.3. The number of carbonyl (C=O) groups is 2. The number of likely N-dealkylation sites (N-methyl/N-ethyl adjacent to an activating group) is 2. The molecule has 3 aromatic rings. The summed E-state index contributed by atoms with van der Waals surface area (Å²) in [5, 5.41) is 59.5. The highest BCUT2D eigenvalue weighted by atomic mass is 19.1. The van der Waals surface area contributed by atoms with Crippen molar-refractivity contribution in [3.05, 3.63) is 42.3 Å². The van der Waals surface area contributed by atoms with Crippen LogP contribution in [0.5, 0.6) is 0 Å². The van der Waals surface area contributed by atoms with Crippen LogP contribution in [0.2, 0.25) is 0 Å². The summed E-state index contributed by atoms with van der Waals surface area (Å²) in [5.41, 5.74) is -2.10. The maximum absolute atomic E-state index is 15.0. The van der Waals surface area contributed by atoms with Crippen LogP contribution in [0.25, 0.3) is 11.4 Å². The molecule has 4 aliphatic rings. The van der Waals surface area contributed by atoms with E-state index in [1.807, 2.05) is 59.8 Å². The third-order valence-corrected chi connectivity index (χ3v) is 16.0. The summed E-state index contributed by atoms with van der Waals surface area (Å²) in [7, 11) is 3.89. The molecule has 4 fully saturated rings. The Morgan fingerprint density at radius 3 is 2.36 bits per heavy atom. The minimum absolute atomic E-state index is 0.00144. The fraction of sp³-hybridized carbons (Fsp3) is 0.769. The van der Waals surface area contributed by atoms with Gasteiger partial charge in [0.2, 0.25) is 12.2 Å². The lowest BCUT2D eigenvalue weighted by Gasteiger charge is -2.47. The molecule has 3 unspecified atom stereocenters. The summed E-state index contributed by atoms with van der Waals surface area (Å²) in [6.07, 6.45) is -2.94. The molecule has 4 aliphatic heterocycles. The molecule has 4 N–H and O–H groups in total. The summed E-state index contributed by atoms with van der Waals surface area (Å²) in [6.45, 7) is 19.6. The van der Waals surface area contributed by atoms with Crippen LogP contribution in [-0.2, 0) is 46.2 Å². The van der Waals surface area contributed by atoms with Crippen molar-refractivity contribution in [2.75, 3.05) is 38.6 Å². The molecule has 0 aliphatic carbocycles. The molecule has 0 saturated carbocycles. The number of nitrogens with zero attached hydrogens (tertiary/aromatic N) is 8. The quantitative estimate of drug-likeness (QED) is 0.171. The van der Waals surface area contributed by atoms with Crippen LogP contribution in [0.4, 0.5) is 14.9 Å².